The number of anilines is 1. The molecule has 22 heavy (non-hydrogen) atoms. The van der Waals surface area contributed by atoms with Crippen LogP contribution in [0.15, 0.2) is 24.3 Å². The van der Waals surface area contributed by atoms with E-state index in [1.165, 1.54) is 30.5 Å². The summed E-state index contributed by atoms with van der Waals surface area (Å²) >= 11 is 0. The number of hydrogen-bond donors (Lipinski definition) is 2. The maximum Gasteiger partial charge on any atom is 0.226 e. The zero-order chi connectivity index (χ0) is 15.1. The Hall–Kier alpha value is -2.30. The van der Waals surface area contributed by atoms with E-state index in [0.717, 1.165) is 11.3 Å². The number of rotatable bonds is 3. The van der Waals surface area contributed by atoms with Crippen LogP contribution in [0.25, 0.3) is 0 Å². The van der Waals surface area contributed by atoms with Crippen molar-refractivity contribution < 1.29 is 9.53 Å². The van der Waals surface area contributed by atoms with E-state index in [-0.39, 0.29) is 11.8 Å². The molecule has 1 saturated carbocycles. The maximum absolute atomic E-state index is 12.0. The van der Waals surface area contributed by atoms with E-state index in [4.69, 9.17) is 4.74 Å². The fourth-order valence-corrected chi connectivity index (χ4v) is 3.41. The Morgan fingerprint density at radius 1 is 1.23 bits per heavy atom. The van der Waals surface area contributed by atoms with E-state index in [1.54, 1.807) is 7.11 Å². The van der Waals surface area contributed by atoms with Gasteiger partial charge in [-0.05, 0) is 30.5 Å². The Balaban J connectivity index is 1.76. The van der Waals surface area contributed by atoms with E-state index in [1.807, 2.05) is 24.3 Å². The van der Waals surface area contributed by atoms with Crippen LogP contribution in [0.3, 0.4) is 0 Å². The highest BCUT2D eigenvalue weighted by atomic mass is 16.5. The monoisotopic (exact) mass is 297 g/mol. The second-order valence-corrected chi connectivity index (χ2v) is 6.11. The highest BCUT2D eigenvalue weighted by Gasteiger charge is 2.35. The molecule has 1 amide bonds. The normalized spacial score (nSPS) is 21.0. The molecule has 1 aliphatic heterocycles. The predicted molar refractivity (Wildman–Crippen MR) is 83.3 cm³/mol. The lowest BCUT2D eigenvalue weighted by Gasteiger charge is -2.29. The molecular formula is C17H19N3O2. The minimum Gasteiger partial charge on any atom is -0.497 e. The standard InChI is InChI=1S/C17H19N3O2/c1-22-12-7-5-10(6-8-12)13-9-14(21)18-17-15(13)16(19-20-17)11-3-2-4-11/h5-8,11,13H,2-4,9H2,1H3,(H2,18,19,20,21). The Labute approximate surface area is 129 Å². The smallest absolute Gasteiger partial charge is 0.226 e. The van der Waals surface area contributed by atoms with Crippen molar-refractivity contribution in [3.63, 3.8) is 0 Å². The van der Waals surface area contributed by atoms with Gasteiger partial charge >= 0.3 is 0 Å². The number of aromatic nitrogens is 2. The van der Waals surface area contributed by atoms with Gasteiger partial charge in [-0.25, -0.2) is 0 Å². The van der Waals surface area contributed by atoms with E-state index in [0.29, 0.717) is 18.2 Å². The number of fused-ring (bicyclic) bond motifs is 1. The van der Waals surface area contributed by atoms with Gasteiger partial charge in [-0.15, -0.1) is 0 Å². The molecule has 0 radical (unpaired) electrons. The minimum absolute atomic E-state index is 0.0278. The van der Waals surface area contributed by atoms with Crippen molar-refractivity contribution in [3.05, 3.63) is 41.1 Å². The Morgan fingerprint density at radius 3 is 2.64 bits per heavy atom. The molecule has 5 nitrogen and oxygen atoms in total. The van der Waals surface area contributed by atoms with Crippen LogP contribution < -0.4 is 10.1 Å². The van der Waals surface area contributed by atoms with Gasteiger partial charge in [0, 0.05) is 29.5 Å². The number of nitrogens with one attached hydrogen (secondary N) is 2. The van der Waals surface area contributed by atoms with Gasteiger partial charge in [-0.3, -0.25) is 9.89 Å². The highest BCUT2D eigenvalue weighted by molar-refractivity contribution is 5.94. The zero-order valence-corrected chi connectivity index (χ0v) is 12.6. The summed E-state index contributed by atoms with van der Waals surface area (Å²) in [5.74, 6) is 2.20. The average molecular weight is 297 g/mol. The predicted octanol–water partition coefficient (Wildman–Crippen LogP) is 3.16. The summed E-state index contributed by atoms with van der Waals surface area (Å²) in [7, 11) is 1.66. The van der Waals surface area contributed by atoms with E-state index >= 15 is 0 Å². The fraction of sp³-hybridized carbons (Fsp3) is 0.412. The molecule has 5 heteroatoms. The van der Waals surface area contributed by atoms with Crippen LogP contribution in [0.4, 0.5) is 5.82 Å². The van der Waals surface area contributed by atoms with Gasteiger partial charge in [0.25, 0.3) is 0 Å². The first-order valence-corrected chi connectivity index (χ1v) is 7.78. The van der Waals surface area contributed by atoms with Crippen molar-refractivity contribution in [1.29, 1.82) is 0 Å². The SMILES string of the molecule is COc1ccc(C2CC(=O)Nc3n[nH]c(C4CCC4)c32)cc1. The molecule has 0 bridgehead atoms. The molecule has 1 fully saturated rings. The molecule has 4 rings (SSSR count). The second-order valence-electron chi connectivity index (χ2n) is 6.11. The molecule has 1 aromatic heterocycles. The quantitative estimate of drug-likeness (QED) is 0.914. The molecule has 2 N–H and O–H groups in total. The molecule has 1 aromatic carbocycles. The lowest BCUT2D eigenvalue weighted by Crippen LogP contribution is -2.24. The number of amides is 1. The number of benzene rings is 1. The third-order valence-corrected chi connectivity index (χ3v) is 4.86. The molecule has 0 spiro atoms. The summed E-state index contributed by atoms with van der Waals surface area (Å²) in [6.45, 7) is 0. The molecule has 2 heterocycles. The largest absolute Gasteiger partial charge is 0.497 e. The van der Waals surface area contributed by atoms with Crippen molar-refractivity contribution in [2.75, 3.05) is 12.4 Å². The van der Waals surface area contributed by atoms with Crippen molar-refractivity contribution in [1.82, 2.24) is 10.2 Å². The van der Waals surface area contributed by atoms with Gasteiger partial charge in [0.1, 0.15) is 5.75 Å². The molecule has 2 aliphatic rings. The van der Waals surface area contributed by atoms with Crippen LogP contribution in [0.5, 0.6) is 5.75 Å². The summed E-state index contributed by atoms with van der Waals surface area (Å²) in [5, 5.41) is 10.4. The van der Waals surface area contributed by atoms with Crippen molar-refractivity contribution >= 4 is 11.7 Å². The third-order valence-electron chi connectivity index (χ3n) is 4.86. The Morgan fingerprint density at radius 2 is 2.00 bits per heavy atom. The van der Waals surface area contributed by atoms with E-state index in [9.17, 15) is 4.79 Å². The molecular weight excluding hydrogens is 278 g/mol. The van der Waals surface area contributed by atoms with Crippen LogP contribution in [-0.4, -0.2) is 23.2 Å². The number of aromatic amines is 1. The first-order chi connectivity index (χ1) is 10.8. The van der Waals surface area contributed by atoms with Crippen LogP contribution in [0.2, 0.25) is 0 Å². The summed E-state index contributed by atoms with van der Waals surface area (Å²) < 4.78 is 5.22. The highest BCUT2D eigenvalue weighted by Crippen LogP contribution is 2.45. The van der Waals surface area contributed by atoms with Crippen molar-refractivity contribution in [2.24, 2.45) is 0 Å². The van der Waals surface area contributed by atoms with Gasteiger partial charge in [0.2, 0.25) is 5.91 Å². The summed E-state index contributed by atoms with van der Waals surface area (Å²) in [6.07, 6.45) is 4.16. The van der Waals surface area contributed by atoms with Crippen molar-refractivity contribution in [2.45, 2.75) is 37.5 Å². The van der Waals surface area contributed by atoms with Gasteiger partial charge in [-0.1, -0.05) is 18.6 Å². The summed E-state index contributed by atoms with van der Waals surface area (Å²) in [6, 6.07) is 7.99. The maximum atomic E-state index is 12.0. The Bertz CT molecular complexity index is 701. The number of methoxy groups -OCH3 is 1. The third kappa shape index (κ3) is 2.08. The van der Waals surface area contributed by atoms with Crippen LogP contribution in [0.1, 0.15) is 54.3 Å². The van der Waals surface area contributed by atoms with E-state index in [2.05, 4.69) is 15.5 Å². The number of hydrogen-bond acceptors (Lipinski definition) is 3. The molecule has 2 aromatic rings. The topological polar surface area (TPSA) is 67.0 Å². The molecule has 0 saturated heterocycles. The average Bonchev–Trinajstić information content (AvgIpc) is 2.88. The van der Waals surface area contributed by atoms with Crippen LogP contribution in [0, 0.1) is 0 Å². The molecule has 114 valence electrons. The number of carbonyl (C=O) groups excluding carboxylic acids is 1. The van der Waals surface area contributed by atoms with Crippen LogP contribution >= 0.6 is 0 Å². The number of ether oxygens (including phenoxy) is 1. The molecule has 1 aliphatic carbocycles. The van der Waals surface area contributed by atoms with E-state index < -0.39 is 0 Å². The summed E-state index contributed by atoms with van der Waals surface area (Å²) in [5.41, 5.74) is 3.52. The number of H-pyrrole nitrogens is 1. The van der Waals surface area contributed by atoms with Crippen LogP contribution in [-0.2, 0) is 4.79 Å². The minimum atomic E-state index is 0.0278. The lowest BCUT2D eigenvalue weighted by atomic mass is 9.77. The van der Waals surface area contributed by atoms with Crippen molar-refractivity contribution in [3.8, 4) is 5.75 Å². The number of carbonyl (C=O) groups is 1. The molecule has 1 atom stereocenters. The molecule has 1 unspecified atom stereocenters. The first kappa shape index (κ1) is 13.4. The lowest BCUT2D eigenvalue weighted by molar-refractivity contribution is -0.116. The van der Waals surface area contributed by atoms with Gasteiger partial charge in [0.05, 0.1) is 7.11 Å². The number of nitrogens with zero attached hydrogens (tertiary/aromatic N) is 1. The van der Waals surface area contributed by atoms with Gasteiger partial charge in [-0.2, -0.15) is 5.10 Å². The second kappa shape index (κ2) is 5.16. The zero-order valence-electron chi connectivity index (χ0n) is 12.6. The first-order valence-electron chi connectivity index (χ1n) is 7.78. The summed E-state index contributed by atoms with van der Waals surface area (Å²) in [4.78, 5) is 12.0. The Kier molecular flexibility index (Phi) is 3.13. The fourth-order valence-electron chi connectivity index (χ4n) is 3.41. The van der Waals surface area contributed by atoms with Gasteiger partial charge in [0.15, 0.2) is 5.82 Å². The van der Waals surface area contributed by atoms with Gasteiger partial charge < -0.3 is 10.1 Å².